The van der Waals surface area contributed by atoms with Crippen molar-refractivity contribution < 1.29 is 0 Å². The van der Waals surface area contributed by atoms with E-state index in [2.05, 4.69) is 35.6 Å². The van der Waals surface area contributed by atoms with Gasteiger partial charge in [0.2, 0.25) is 0 Å². The van der Waals surface area contributed by atoms with Crippen LogP contribution in [0.25, 0.3) is 0 Å². The summed E-state index contributed by atoms with van der Waals surface area (Å²) in [6.45, 7) is 2.13. The predicted molar refractivity (Wildman–Crippen MR) is 52.9 cm³/mol. The van der Waals surface area contributed by atoms with Crippen LogP contribution in [0.1, 0.15) is 12.5 Å². The molecule has 0 saturated carbocycles. The van der Waals surface area contributed by atoms with Crippen LogP contribution in [0.2, 0.25) is 0 Å². The summed E-state index contributed by atoms with van der Waals surface area (Å²) in [4.78, 5) is 0. The molecule has 0 radical (unpaired) electrons. The van der Waals surface area contributed by atoms with E-state index in [0.717, 1.165) is 12.1 Å². The molecule has 0 atom stereocenters. The Balaban J connectivity index is 3.06. The zero-order chi connectivity index (χ0) is 7.56. The van der Waals surface area contributed by atoms with Gasteiger partial charge in [-0.25, -0.2) is 0 Å². The van der Waals surface area contributed by atoms with Gasteiger partial charge in [-0.15, -0.1) is 0 Å². The van der Waals surface area contributed by atoms with Crippen molar-refractivity contribution in [2.24, 2.45) is 0 Å². The third-order valence-electron chi connectivity index (χ3n) is 1.39. The number of hydrogen-bond donors (Lipinski definition) is 1. The van der Waals surface area contributed by atoms with Crippen molar-refractivity contribution >= 4 is 28.3 Å². The summed E-state index contributed by atoms with van der Waals surface area (Å²) < 4.78 is 1.22. The van der Waals surface area contributed by atoms with Crippen LogP contribution in [0, 0.1) is 3.57 Å². The molecule has 0 saturated heterocycles. The molecule has 0 heterocycles. The van der Waals surface area contributed by atoms with Gasteiger partial charge in [0, 0.05) is 9.26 Å². The van der Waals surface area contributed by atoms with Gasteiger partial charge >= 0.3 is 0 Å². The summed E-state index contributed by atoms with van der Waals surface area (Å²) in [5, 5.41) is 0. The lowest BCUT2D eigenvalue weighted by atomic mass is 10.1. The van der Waals surface area contributed by atoms with Crippen molar-refractivity contribution in [3.05, 3.63) is 27.3 Å². The van der Waals surface area contributed by atoms with E-state index in [9.17, 15) is 0 Å². The summed E-state index contributed by atoms with van der Waals surface area (Å²) in [5.41, 5.74) is 7.80. The van der Waals surface area contributed by atoms with Crippen LogP contribution in [0.15, 0.2) is 18.2 Å². The SMILES string of the molecule is CCc1cc(N)cc(I)c1. The number of benzene rings is 1. The van der Waals surface area contributed by atoms with Gasteiger partial charge in [0.1, 0.15) is 0 Å². The number of hydrogen-bond acceptors (Lipinski definition) is 1. The molecule has 1 aromatic rings. The first-order chi connectivity index (χ1) is 4.72. The van der Waals surface area contributed by atoms with Crippen LogP contribution < -0.4 is 5.73 Å². The Morgan fingerprint density at radius 2 is 2.10 bits per heavy atom. The second-order valence-corrected chi connectivity index (χ2v) is 3.49. The first kappa shape index (κ1) is 7.85. The molecule has 0 amide bonds. The van der Waals surface area contributed by atoms with Crippen molar-refractivity contribution in [3.8, 4) is 0 Å². The van der Waals surface area contributed by atoms with Crippen LogP contribution in [-0.4, -0.2) is 0 Å². The van der Waals surface area contributed by atoms with Gasteiger partial charge in [0.25, 0.3) is 0 Å². The molecule has 0 bridgehead atoms. The number of aryl methyl sites for hydroxylation is 1. The maximum atomic E-state index is 5.63. The van der Waals surface area contributed by atoms with E-state index in [0.29, 0.717) is 0 Å². The molecule has 54 valence electrons. The summed E-state index contributed by atoms with van der Waals surface area (Å²) in [6, 6.07) is 6.14. The molecule has 10 heavy (non-hydrogen) atoms. The van der Waals surface area contributed by atoms with Gasteiger partial charge in [-0.3, -0.25) is 0 Å². The quantitative estimate of drug-likeness (QED) is 0.598. The normalized spacial score (nSPS) is 9.80. The van der Waals surface area contributed by atoms with E-state index in [1.165, 1.54) is 9.13 Å². The Morgan fingerprint density at radius 3 is 2.60 bits per heavy atom. The lowest BCUT2D eigenvalue weighted by molar-refractivity contribution is 1.14. The molecular formula is C8H10IN. The van der Waals surface area contributed by atoms with Gasteiger partial charge in [0.05, 0.1) is 0 Å². The minimum atomic E-state index is 0.865. The summed E-state index contributed by atoms with van der Waals surface area (Å²) in [6.07, 6.45) is 1.06. The molecule has 0 spiro atoms. The Hall–Kier alpha value is -0.250. The van der Waals surface area contributed by atoms with Gasteiger partial charge in [-0.05, 0) is 52.8 Å². The monoisotopic (exact) mass is 247 g/mol. The molecule has 0 aliphatic heterocycles. The second kappa shape index (κ2) is 3.23. The highest BCUT2D eigenvalue weighted by molar-refractivity contribution is 14.1. The zero-order valence-corrected chi connectivity index (χ0v) is 8.05. The largest absolute Gasteiger partial charge is 0.399 e. The van der Waals surface area contributed by atoms with E-state index in [1.807, 2.05) is 12.1 Å². The Morgan fingerprint density at radius 1 is 1.40 bits per heavy atom. The molecule has 2 N–H and O–H groups in total. The minimum Gasteiger partial charge on any atom is -0.399 e. The van der Waals surface area contributed by atoms with Crippen molar-refractivity contribution in [2.45, 2.75) is 13.3 Å². The molecule has 0 aliphatic carbocycles. The smallest absolute Gasteiger partial charge is 0.0327 e. The van der Waals surface area contributed by atoms with Crippen LogP contribution in [0.5, 0.6) is 0 Å². The molecule has 0 aromatic heterocycles. The molecule has 0 aliphatic rings. The lowest BCUT2D eigenvalue weighted by Gasteiger charge is -1.99. The first-order valence-electron chi connectivity index (χ1n) is 3.27. The Bertz CT molecular complexity index is 212. The molecule has 1 nitrogen and oxygen atoms in total. The minimum absolute atomic E-state index is 0.865. The van der Waals surface area contributed by atoms with E-state index in [4.69, 9.17) is 5.73 Å². The average molecular weight is 247 g/mol. The topological polar surface area (TPSA) is 26.0 Å². The number of rotatable bonds is 1. The van der Waals surface area contributed by atoms with Crippen molar-refractivity contribution in [1.82, 2.24) is 0 Å². The maximum absolute atomic E-state index is 5.63. The van der Waals surface area contributed by atoms with Crippen LogP contribution in [0.3, 0.4) is 0 Å². The fourth-order valence-corrected chi connectivity index (χ4v) is 1.64. The first-order valence-corrected chi connectivity index (χ1v) is 4.35. The third-order valence-corrected chi connectivity index (χ3v) is 2.01. The van der Waals surface area contributed by atoms with Crippen LogP contribution in [-0.2, 0) is 6.42 Å². The third kappa shape index (κ3) is 1.87. The van der Waals surface area contributed by atoms with Gasteiger partial charge in [-0.2, -0.15) is 0 Å². The highest BCUT2D eigenvalue weighted by atomic mass is 127. The van der Waals surface area contributed by atoms with Gasteiger partial charge in [-0.1, -0.05) is 6.92 Å². The van der Waals surface area contributed by atoms with E-state index in [1.54, 1.807) is 0 Å². The molecule has 1 aromatic carbocycles. The van der Waals surface area contributed by atoms with Gasteiger partial charge in [0.15, 0.2) is 0 Å². The Labute approximate surface area is 74.8 Å². The van der Waals surface area contributed by atoms with Crippen molar-refractivity contribution in [1.29, 1.82) is 0 Å². The number of nitrogen functional groups attached to an aromatic ring is 1. The average Bonchev–Trinajstić information content (AvgIpc) is 1.85. The van der Waals surface area contributed by atoms with E-state index < -0.39 is 0 Å². The predicted octanol–water partition coefficient (Wildman–Crippen LogP) is 2.44. The molecule has 1 rings (SSSR count). The molecule has 0 fully saturated rings. The zero-order valence-electron chi connectivity index (χ0n) is 5.89. The maximum Gasteiger partial charge on any atom is 0.0327 e. The van der Waals surface area contributed by atoms with E-state index >= 15 is 0 Å². The van der Waals surface area contributed by atoms with Crippen molar-refractivity contribution in [3.63, 3.8) is 0 Å². The summed E-state index contributed by atoms with van der Waals surface area (Å²) in [7, 11) is 0. The van der Waals surface area contributed by atoms with Crippen molar-refractivity contribution in [2.75, 3.05) is 5.73 Å². The molecule has 0 unspecified atom stereocenters. The fraction of sp³-hybridized carbons (Fsp3) is 0.250. The fourth-order valence-electron chi connectivity index (χ4n) is 0.880. The van der Waals surface area contributed by atoms with Gasteiger partial charge < -0.3 is 5.73 Å². The molecule has 2 heteroatoms. The highest BCUT2D eigenvalue weighted by Gasteiger charge is 1.92. The Kier molecular flexibility index (Phi) is 2.54. The standard InChI is InChI=1S/C8H10IN/c1-2-6-3-7(9)5-8(10)4-6/h3-5H,2,10H2,1H3. The lowest BCUT2D eigenvalue weighted by Crippen LogP contribution is -1.88. The number of halogens is 1. The second-order valence-electron chi connectivity index (χ2n) is 2.25. The van der Waals surface area contributed by atoms with Crippen LogP contribution in [0.4, 0.5) is 5.69 Å². The number of nitrogens with two attached hydrogens (primary N) is 1. The summed E-state index contributed by atoms with van der Waals surface area (Å²) in [5.74, 6) is 0. The highest BCUT2D eigenvalue weighted by Crippen LogP contribution is 2.13. The van der Waals surface area contributed by atoms with E-state index in [-0.39, 0.29) is 0 Å². The van der Waals surface area contributed by atoms with Crippen LogP contribution >= 0.6 is 22.6 Å². The summed E-state index contributed by atoms with van der Waals surface area (Å²) >= 11 is 2.27. The molecular weight excluding hydrogens is 237 g/mol. The number of anilines is 1.